The van der Waals surface area contributed by atoms with Gasteiger partial charge in [-0.2, -0.15) is 5.26 Å². The van der Waals surface area contributed by atoms with Crippen LogP contribution in [0.4, 0.5) is 21.6 Å². The molecule has 0 aliphatic heterocycles. The lowest BCUT2D eigenvalue weighted by atomic mass is 10.2. The van der Waals surface area contributed by atoms with Crippen LogP contribution in [0.15, 0.2) is 54.6 Å². The van der Waals surface area contributed by atoms with Crippen molar-refractivity contribution in [3.8, 4) is 6.07 Å². The highest BCUT2D eigenvalue weighted by molar-refractivity contribution is 6.31. The summed E-state index contributed by atoms with van der Waals surface area (Å²) in [4.78, 5) is 12.1. The molecule has 8 heteroatoms. The van der Waals surface area contributed by atoms with Crippen LogP contribution in [0.1, 0.15) is 16.1 Å². The minimum atomic E-state index is -0.567. The monoisotopic (exact) mass is 367 g/mol. The molecule has 0 radical (unpaired) electrons. The second-order valence-electron chi connectivity index (χ2n) is 5.20. The van der Waals surface area contributed by atoms with Crippen molar-refractivity contribution in [2.75, 3.05) is 10.6 Å². The molecule has 0 bridgehead atoms. The molecule has 1 heterocycles. The first-order valence-electron chi connectivity index (χ1n) is 7.42. The third kappa shape index (κ3) is 4.12. The fraction of sp³-hybridized carbons (Fsp3) is 0. The van der Waals surface area contributed by atoms with Crippen LogP contribution in [0.25, 0.3) is 0 Å². The number of rotatable bonds is 4. The van der Waals surface area contributed by atoms with E-state index in [9.17, 15) is 9.18 Å². The zero-order valence-corrected chi connectivity index (χ0v) is 14.0. The molecule has 0 aliphatic rings. The van der Waals surface area contributed by atoms with Gasteiger partial charge < -0.3 is 10.6 Å². The van der Waals surface area contributed by atoms with Crippen molar-refractivity contribution < 1.29 is 9.18 Å². The molecule has 1 aromatic heterocycles. The van der Waals surface area contributed by atoms with Crippen LogP contribution in [0.2, 0.25) is 5.02 Å². The molecule has 26 heavy (non-hydrogen) atoms. The van der Waals surface area contributed by atoms with Gasteiger partial charge in [-0.3, -0.25) is 4.79 Å². The standard InChI is InChI=1S/C18H11ClFN5O/c19-14-9-13(5-6-15(14)20)23-18(26)16-7-8-17(25-24-16)22-12-3-1-11(10-21)2-4-12/h1-9H,(H,22,25)(H,23,26). The molecule has 2 aromatic carbocycles. The molecule has 0 saturated carbocycles. The van der Waals surface area contributed by atoms with Crippen LogP contribution < -0.4 is 10.6 Å². The normalized spacial score (nSPS) is 10.0. The minimum absolute atomic E-state index is 0.0872. The minimum Gasteiger partial charge on any atom is -0.339 e. The van der Waals surface area contributed by atoms with E-state index in [0.29, 0.717) is 17.1 Å². The smallest absolute Gasteiger partial charge is 0.276 e. The molecule has 0 atom stereocenters. The van der Waals surface area contributed by atoms with Crippen molar-refractivity contribution >= 4 is 34.7 Å². The summed E-state index contributed by atoms with van der Waals surface area (Å²) in [6, 6.07) is 15.8. The first-order valence-corrected chi connectivity index (χ1v) is 7.80. The number of nitrogens with one attached hydrogen (secondary N) is 2. The predicted octanol–water partition coefficient (Wildman–Crippen LogP) is 4.14. The average Bonchev–Trinajstić information content (AvgIpc) is 2.66. The lowest BCUT2D eigenvalue weighted by Gasteiger charge is -2.07. The molecular weight excluding hydrogens is 357 g/mol. The van der Waals surface area contributed by atoms with E-state index in [1.54, 1.807) is 30.3 Å². The van der Waals surface area contributed by atoms with Gasteiger partial charge in [-0.15, -0.1) is 10.2 Å². The van der Waals surface area contributed by atoms with Crippen molar-refractivity contribution in [3.63, 3.8) is 0 Å². The summed E-state index contributed by atoms with van der Waals surface area (Å²) < 4.78 is 13.1. The number of nitrogens with zero attached hydrogens (tertiary/aromatic N) is 3. The number of halogens is 2. The summed E-state index contributed by atoms with van der Waals surface area (Å²) in [6.45, 7) is 0. The first kappa shape index (κ1) is 17.3. The van der Waals surface area contributed by atoms with Gasteiger partial charge in [0.15, 0.2) is 11.5 Å². The molecule has 128 valence electrons. The van der Waals surface area contributed by atoms with E-state index in [4.69, 9.17) is 16.9 Å². The Labute approximate surface area is 153 Å². The van der Waals surface area contributed by atoms with E-state index in [1.165, 1.54) is 18.2 Å². The Bertz CT molecular complexity index is 984. The van der Waals surface area contributed by atoms with Gasteiger partial charge in [-0.1, -0.05) is 11.6 Å². The Morgan fingerprint density at radius 2 is 1.77 bits per heavy atom. The Kier molecular flexibility index (Phi) is 5.06. The van der Waals surface area contributed by atoms with Gasteiger partial charge in [-0.05, 0) is 54.6 Å². The SMILES string of the molecule is N#Cc1ccc(Nc2ccc(C(=O)Nc3ccc(F)c(Cl)c3)nn2)cc1. The van der Waals surface area contributed by atoms with Crippen molar-refractivity contribution in [3.05, 3.63) is 76.7 Å². The van der Waals surface area contributed by atoms with Crippen molar-refractivity contribution in [2.45, 2.75) is 0 Å². The van der Waals surface area contributed by atoms with Gasteiger partial charge in [0.05, 0.1) is 16.7 Å². The summed E-state index contributed by atoms with van der Waals surface area (Å²) in [5.41, 5.74) is 1.73. The molecule has 6 nitrogen and oxygen atoms in total. The third-order valence-electron chi connectivity index (χ3n) is 3.36. The third-order valence-corrected chi connectivity index (χ3v) is 3.65. The Balaban J connectivity index is 1.67. The molecule has 0 aliphatic carbocycles. The summed E-state index contributed by atoms with van der Waals surface area (Å²) >= 11 is 5.68. The molecular formula is C18H11ClFN5O. The van der Waals surface area contributed by atoms with Crippen molar-refractivity contribution in [2.24, 2.45) is 0 Å². The van der Waals surface area contributed by atoms with Gasteiger partial charge in [0, 0.05) is 11.4 Å². The molecule has 2 N–H and O–H groups in total. The lowest BCUT2D eigenvalue weighted by Crippen LogP contribution is -2.14. The second kappa shape index (κ2) is 7.59. The summed E-state index contributed by atoms with van der Waals surface area (Å²) in [6.07, 6.45) is 0. The molecule has 3 aromatic rings. The van der Waals surface area contributed by atoms with Gasteiger partial charge in [-0.25, -0.2) is 4.39 Å². The molecule has 0 saturated heterocycles. The topological polar surface area (TPSA) is 90.7 Å². The summed E-state index contributed by atoms with van der Waals surface area (Å²) in [5.74, 6) is -0.621. The maximum Gasteiger partial charge on any atom is 0.276 e. The highest BCUT2D eigenvalue weighted by Gasteiger charge is 2.10. The number of aromatic nitrogens is 2. The van der Waals surface area contributed by atoms with Crippen LogP contribution in [0.5, 0.6) is 0 Å². The molecule has 0 spiro atoms. The molecule has 3 rings (SSSR count). The van der Waals surface area contributed by atoms with Gasteiger partial charge in [0.1, 0.15) is 5.82 Å². The van der Waals surface area contributed by atoms with Gasteiger partial charge in [0.2, 0.25) is 0 Å². The lowest BCUT2D eigenvalue weighted by molar-refractivity contribution is 0.102. The second-order valence-corrected chi connectivity index (χ2v) is 5.61. The highest BCUT2D eigenvalue weighted by atomic mass is 35.5. The summed E-state index contributed by atoms with van der Waals surface area (Å²) in [5, 5.41) is 22.1. The largest absolute Gasteiger partial charge is 0.339 e. The van der Waals surface area contributed by atoms with Crippen LogP contribution in [-0.2, 0) is 0 Å². The maximum atomic E-state index is 13.1. The molecule has 0 unspecified atom stereocenters. The Morgan fingerprint density at radius 3 is 2.38 bits per heavy atom. The maximum absolute atomic E-state index is 13.1. The van der Waals surface area contributed by atoms with Crippen LogP contribution in [-0.4, -0.2) is 16.1 Å². The number of anilines is 3. The quantitative estimate of drug-likeness (QED) is 0.723. The highest BCUT2D eigenvalue weighted by Crippen LogP contribution is 2.20. The van der Waals surface area contributed by atoms with E-state index in [1.807, 2.05) is 6.07 Å². The number of amides is 1. The fourth-order valence-corrected chi connectivity index (χ4v) is 2.25. The van der Waals surface area contributed by atoms with Crippen LogP contribution in [0.3, 0.4) is 0 Å². The summed E-state index contributed by atoms with van der Waals surface area (Å²) in [7, 11) is 0. The number of carbonyl (C=O) groups is 1. The number of benzene rings is 2. The number of nitriles is 1. The van der Waals surface area contributed by atoms with Crippen molar-refractivity contribution in [1.29, 1.82) is 5.26 Å². The van der Waals surface area contributed by atoms with Gasteiger partial charge >= 0.3 is 0 Å². The zero-order chi connectivity index (χ0) is 18.5. The Hall–Kier alpha value is -3.50. The van der Waals surface area contributed by atoms with E-state index in [2.05, 4.69) is 20.8 Å². The average molecular weight is 368 g/mol. The van der Waals surface area contributed by atoms with E-state index >= 15 is 0 Å². The predicted molar refractivity (Wildman–Crippen MR) is 95.8 cm³/mol. The molecule has 1 amide bonds. The fourth-order valence-electron chi connectivity index (χ4n) is 2.07. The van der Waals surface area contributed by atoms with E-state index in [0.717, 1.165) is 11.8 Å². The molecule has 0 fully saturated rings. The number of hydrogen-bond acceptors (Lipinski definition) is 5. The van der Waals surface area contributed by atoms with Gasteiger partial charge in [0.25, 0.3) is 5.91 Å². The number of hydrogen-bond donors (Lipinski definition) is 2. The van der Waals surface area contributed by atoms with E-state index < -0.39 is 11.7 Å². The first-order chi connectivity index (χ1) is 12.5. The van der Waals surface area contributed by atoms with Crippen LogP contribution in [0, 0.1) is 17.1 Å². The van der Waals surface area contributed by atoms with Crippen LogP contribution >= 0.6 is 11.6 Å². The Morgan fingerprint density at radius 1 is 1.04 bits per heavy atom. The van der Waals surface area contributed by atoms with Crippen molar-refractivity contribution in [1.82, 2.24) is 10.2 Å². The zero-order valence-electron chi connectivity index (χ0n) is 13.2. The van der Waals surface area contributed by atoms with E-state index in [-0.39, 0.29) is 10.7 Å². The number of carbonyl (C=O) groups excluding carboxylic acids is 1.